The molecule has 6 rings (SSSR count). The average molecular weight is 469 g/mol. The summed E-state index contributed by atoms with van der Waals surface area (Å²) in [4.78, 5) is 20.3. The number of hydrogen-bond acceptors (Lipinski definition) is 4. The van der Waals surface area contributed by atoms with Crippen LogP contribution in [0, 0.1) is 13.8 Å². The minimum Gasteiger partial charge on any atom is -0.361 e. The highest BCUT2D eigenvalue weighted by molar-refractivity contribution is 5.84. The third-order valence-electron chi connectivity index (χ3n) is 7.80. The Bertz CT molecular complexity index is 1340. The Morgan fingerprint density at radius 3 is 2.54 bits per heavy atom. The molecule has 0 bridgehead atoms. The summed E-state index contributed by atoms with van der Waals surface area (Å²) in [7, 11) is 0. The second-order valence-electron chi connectivity index (χ2n) is 10.1. The smallest absolute Gasteiger partial charge is 0.223 e. The SMILES string of the molecule is Cc1noc(C)c1-c1ccc2c(c1)nc([C@@H]1CCC(=O)N1Cc1ccccc1)n2C1CCCCC1. The summed E-state index contributed by atoms with van der Waals surface area (Å²) in [5, 5.41) is 4.15. The molecule has 0 unspecified atom stereocenters. The van der Waals surface area contributed by atoms with E-state index in [4.69, 9.17) is 9.51 Å². The lowest BCUT2D eigenvalue weighted by molar-refractivity contribution is -0.129. The quantitative estimate of drug-likeness (QED) is 0.328. The van der Waals surface area contributed by atoms with Crippen molar-refractivity contribution in [1.29, 1.82) is 0 Å². The Morgan fingerprint density at radius 1 is 1.00 bits per heavy atom. The fourth-order valence-electron chi connectivity index (χ4n) is 6.11. The number of likely N-dealkylation sites (tertiary alicyclic amines) is 1. The summed E-state index contributed by atoms with van der Waals surface area (Å²) in [5.41, 5.74) is 6.33. The summed E-state index contributed by atoms with van der Waals surface area (Å²) in [6.45, 7) is 4.56. The number of aromatic nitrogens is 3. The van der Waals surface area contributed by atoms with Gasteiger partial charge in [0, 0.05) is 24.6 Å². The van der Waals surface area contributed by atoms with Crippen LogP contribution in [-0.2, 0) is 11.3 Å². The second-order valence-corrected chi connectivity index (χ2v) is 10.1. The minimum atomic E-state index is -0.000420. The first kappa shape index (κ1) is 22.1. The van der Waals surface area contributed by atoms with Crippen LogP contribution in [0.4, 0.5) is 0 Å². The molecular formula is C29H32N4O2. The van der Waals surface area contributed by atoms with E-state index in [1.165, 1.54) is 37.6 Å². The molecule has 2 aromatic carbocycles. The van der Waals surface area contributed by atoms with Crippen molar-refractivity contribution < 1.29 is 9.32 Å². The number of fused-ring (bicyclic) bond motifs is 1. The first-order chi connectivity index (χ1) is 17.1. The van der Waals surface area contributed by atoms with Gasteiger partial charge in [-0.15, -0.1) is 0 Å². The number of carbonyl (C=O) groups excluding carboxylic acids is 1. The van der Waals surface area contributed by atoms with Crippen LogP contribution in [0.3, 0.4) is 0 Å². The Hall–Kier alpha value is -3.41. The molecule has 0 spiro atoms. The Kier molecular flexibility index (Phi) is 5.67. The number of aryl methyl sites for hydroxylation is 2. The molecule has 6 heteroatoms. The fourth-order valence-corrected chi connectivity index (χ4v) is 6.11. The molecule has 0 N–H and O–H groups in total. The van der Waals surface area contributed by atoms with Crippen LogP contribution in [0.2, 0.25) is 0 Å². The number of benzene rings is 2. The van der Waals surface area contributed by atoms with E-state index >= 15 is 0 Å². The topological polar surface area (TPSA) is 64.2 Å². The third kappa shape index (κ3) is 3.95. The summed E-state index contributed by atoms with van der Waals surface area (Å²) in [6, 6.07) is 17.3. The minimum absolute atomic E-state index is 0.000420. The molecule has 1 aliphatic carbocycles. The summed E-state index contributed by atoms with van der Waals surface area (Å²) in [5.74, 6) is 2.09. The largest absolute Gasteiger partial charge is 0.361 e. The van der Waals surface area contributed by atoms with Crippen LogP contribution in [0.1, 0.15) is 79.9 Å². The van der Waals surface area contributed by atoms with Gasteiger partial charge in [0.1, 0.15) is 11.6 Å². The number of carbonyl (C=O) groups is 1. The monoisotopic (exact) mass is 468 g/mol. The van der Waals surface area contributed by atoms with Gasteiger partial charge >= 0.3 is 0 Å². The van der Waals surface area contributed by atoms with Gasteiger partial charge in [0.05, 0.1) is 22.8 Å². The van der Waals surface area contributed by atoms with Crippen molar-refractivity contribution in [2.45, 2.75) is 77.4 Å². The molecule has 4 aromatic rings. The van der Waals surface area contributed by atoms with Gasteiger partial charge in [-0.2, -0.15) is 0 Å². The van der Waals surface area contributed by atoms with Crippen LogP contribution in [0.15, 0.2) is 53.1 Å². The highest BCUT2D eigenvalue weighted by Crippen LogP contribution is 2.41. The van der Waals surface area contributed by atoms with Crippen LogP contribution in [0.5, 0.6) is 0 Å². The number of amides is 1. The maximum atomic E-state index is 13.0. The first-order valence-corrected chi connectivity index (χ1v) is 12.9. The predicted octanol–water partition coefficient (Wildman–Crippen LogP) is 6.68. The molecular weight excluding hydrogens is 436 g/mol. The highest BCUT2D eigenvalue weighted by Gasteiger charge is 2.37. The lowest BCUT2D eigenvalue weighted by Crippen LogP contribution is -2.30. The molecule has 2 fully saturated rings. The van der Waals surface area contributed by atoms with Gasteiger partial charge < -0.3 is 14.0 Å². The van der Waals surface area contributed by atoms with Crippen LogP contribution in [-0.4, -0.2) is 25.5 Å². The maximum absolute atomic E-state index is 13.0. The van der Waals surface area contributed by atoms with Gasteiger partial charge in [-0.25, -0.2) is 4.98 Å². The zero-order chi connectivity index (χ0) is 23.9. The average Bonchev–Trinajstić information content (AvgIpc) is 3.54. The van der Waals surface area contributed by atoms with Crippen LogP contribution in [0.25, 0.3) is 22.2 Å². The molecule has 6 nitrogen and oxygen atoms in total. The Balaban J connectivity index is 1.46. The van der Waals surface area contributed by atoms with E-state index in [2.05, 4.69) is 40.1 Å². The van der Waals surface area contributed by atoms with Crippen molar-refractivity contribution >= 4 is 16.9 Å². The highest BCUT2D eigenvalue weighted by atomic mass is 16.5. The van der Waals surface area contributed by atoms with Gasteiger partial charge in [0.15, 0.2) is 0 Å². The molecule has 1 saturated heterocycles. The number of hydrogen-bond donors (Lipinski definition) is 0. The molecule has 1 amide bonds. The van der Waals surface area contributed by atoms with Crippen molar-refractivity contribution in [3.8, 4) is 11.1 Å². The van der Waals surface area contributed by atoms with E-state index in [-0.39, 0.29) is 11.9 Å². The lowest BCUT2D eigenvalue weighted by Gasteiger charge is -2.30. The van der Waals surface area contributed by atoms with Crippen molar-refractivity contribution in [2.75, 3.05) is 0 Å². The number of nitrogens with zero attached hydrogens (tertiary/aromatic N) is 4. The molecule has 1 aliphatic heterocycles. The van der Waals surface area contributed by atoms with Crippen LogP contribution < -0.4 is 0 Å². The molecule has 0 radical (unpaired) electrons. The van der Waals surface area contributed by atoms with Crippen molar-refractivity contribution in [1.82, 2.24) is 19.6 Å². The standard InChI is InChI=1S/C29H32N4O2/c1-19-28(20(2)35-31-19)22-13-14-25-24(17-22)30-29(33(25)23-11-7-4-8-12-23)26-15-16-27(34)32(26)18-21-9-5-3-6-10-21/h3,5-6,9-10,13-14,17,23,26H,4,7-8,11-12,15-16,18H2,1-2H3/t26-/m0/s1. The van der Waals surface area contributed by atoms with Gasteiger partial charge in [-0.05, 0) is 56.4 Å². The van der Waals surface area contributed by atoms with Crippen LogP contribution >= 0.6 is 0 Å². The predicted molar refractivity (Wildman–Crippen MR) is 136 cm³/mol. The van der Waals surface area contributed by atoms with E-state index in [9.17, 15) is 4.79 Å². The lowest BCUT2D eigenvalue weighted by atomic mass is 9.94. The van der Waals surface area contributed by atoms with Gasteiger partial charge in [0.25, 0.3) is 0 Å². The number of imidazole rings is 1. The van der Waals surface area contributed by atoms with Gasteiger partial charge in [0.2, 0.25) is 5.91 Å². The fraction of sp³-hybridized carbons (Fsp3) is 0.414. The van der Waals surface area contributed by atoms with E-state index in [0.717, 1.165) is 45.9 Å². The molecule has 2 aromatic heterocycles. The molecule has 1 atom stereocenters. The summed E-state index contributed by atoms with van der Waals surface area (Å²) >= 11 is 0. The van der Waals surface area contributed by atoms with E-state index in [0.29, 0.717) is 19.0 Å². The van der Waals surface area contributed by atoms with Gasteiger partial charge in [-0.3, -0.25) is 4.79 Å². The molecule has 1 saturated carbocycles. The van der Waals surface area contributed by atoms with E-state index in [1.54, 1.807) is 0 Å². The summed E-state index contributed by atoms with van der Waals surface area (Å²) in [6.07, 6.45) is 7.54. The van der Waals surface area contributed by atoms with E-state index in [1.807, 2.05) is 36.9 Å². The maximum Gasteiger partial charge on any atom is 0.223 e. The Morgan fingerprint density at radius 2 is 1.80 bits per heavy atom. The molecule has 35 heavy (non-hydrogen) atoms. The summed E-state index contributed by atoms with van der Waals surface area (Å²) < 4.78 is 7.91. The zero-order valence-corrected chi connectivity index (χ0v) is 20.5. The second kappa shape index (κ2) is 8.99. The van der Waals surface area contributed by atoms with Crippen molar-refractivity contribution in [3.05, 3.63) is 71.4 Å². The molecule has 3 heterocycles. The van der Waals surface area contributed by atoms with E-state index < -0.39 is 0 Å². The number of rotatable bonds is 5. The van der Waals surface area contributed by atoms with Gasteiger partial charge in [-0.1, -0.05) is 60.8 Å². The first-order valence-electron chi connectivity index (χ1n) is 12.9. The van der Waals surface area contributed by atoms with Crippen molar-refractivity contribution in [3.63, 3.8) is 0 Å². The Labute approximate surface area is 205 Å². The molecule has 2 aliphatic rings. The van der Waals surface area contributed by atoms with Crippen molar-refractivity contribution in [2.24, 2.45) is 0 Å². The molecule has 180 valence electrons. The third-order valence-corrected chi connectivity index (χ3v) is 7.80. The zero-order valence-electron chi connectivity index (χ0n) is 20.5. The normalized spacial score (nSPS) is 19.2.